The lowest BCUT2D eigenvalue weighted by molar-refractivity contribution is -0.161. The number of phosphoric ester groups is 2. The summed E-state index contributed by atoms with van der Waals surface area (Å²) >= 11 is 0. The van der Waals surface area contributed by atoms with Crippen molar-refractivity contribution in [1.82, 2.24) is 0 Å². The molecule has 0 spiro atoms. The van der Waals surface area contributed by atoms with Crippen LogP contribution in [0.5, 0.6) is 0 Å². The first-order valence-electron chi connectivity index (χ1n) is 22.3. The van der Waals surface area contributed by atoms with Crippen LogP contribution in [0, 0.1) is 0 Å². The molecule has 0 amide bonds. The Bertz CT molecular complexity index is 1600. The third kappa shape index (κ3) is 45.1. The zero-order valence-electron chi connectivity index (χ0n) is 37.9. The number of hydrogen-bond donors (Lipinski definition) is 5. The zero-order valence-corrected chi connectivity index (χ0v) is 39.7. The third-order valence-corrected chi connectivity index (χ3v) is 9.85. The first kappa shape index (κ1) is 60.5. The highest BCUT2D eigenvalue weighted by Gasteiger charge is 2.28. The van der Waals surface area contributed by atoms with E-state index in [0.29, 0.717) is 25.7 Å². The van der Waals surface area contributed by atoms with Crippen LogP contribution >= 0.6 is 15.6 Å². The molecule has 14 nitrogen and oxygen atoms in total. The van der Waals surface area contributed by atoms with E-state index in [-0.39, 0.29) is 12.8 Å². The Balaban J connectivity index is 4.71. The van der Waals surface area contributed by atoms with Crippen LogP contribution in [0.3, 0.4) is 0 Å². The molecule has 2 unspecified atom stereocenters. The summed E-state index contributed by atoms with van der Waals surface area (Å²) in [6, 6.07) is 0. The second-order valence-corrected chi connectivity index (χ2v) is 17.1. The molecule has 362 valence electrons. The lowest BCUT2D eigenvalue weighted by atomic mass is 10.1. The van der Waals surface area contributed by atoms with Gasteiger partial charge < -0.3 is 34.4 Å². The van der Waals surface area contributed by atoms with Gasteiger partial charge in [0, 0.05) is 12.8 Å². The zero-order chi connectivity index (χ0) is 47.4. The number of carbonyl (C=O) groups excluding carboxylic acids is 2. The van der Waals surface area contributed by atoms with E-state index in [1.165, 1.54) is 0 Å². The number of carbonyl (C=O) groups is 2. The van der Waals surface area contributed by atoms with Gasteiger partial charge in [-0.1, -0.05) is 142 Å². The summed E-state index contributed by atoms with van der Waals surface area (Å²) in [5.74, 6) is -1.18. The topological polar surface area (TPSA) is 216 Å². The molecule has 0 rings (SSSR count). The minimum atomic E-state index is -4.89. The van der Waals surface area contributed by atoms with E-state index in [0.717, 1.165) is 70.6 Å². The SMILES string of the molecule is CC/C=C\C/C=C\C/C=C\C/C=C\C/C=C\CCCCCC(=O)O[C@H](COC(=O)CCC/C=C\C/C=C\C/C=C\C=C\CC(O)/C=C\CC)COP(=O)(O)OC[C@@H](O)COP(=O)(O)O. The van der Waals surface area contributed by atoms with E-state index >= 15 is 0 Å². The molecule has 16 heteroatoms. The molecular formula is C48H76O14P2. The Hall–Kier alpha value is -3.52. The van der Waals surface area contributed by atoms with Crippen LogP contribution < -0.4 is 0 Å². The summed E-state index contributed by atoms with van der Waals surface area (Å²) in [5.41, 5.74) is 0. The maximum atomic E-state index is 12.7. The number of allylic oxidation sites excluding steroid dienone is 18. The average molecular weight is 939 g/mol. The first-order valence-corrected chi connectivity index (χ1v) is 25.4. The lowest BCUT2D eigenvalue weighted by Crippen LogP contribution is -2.30. The molecule has 0 aromatic heterocycles. The summed E-state index contributed by atoms with van der Waals surface area (Å²) < 4.78 is 47.7. The third-order valence-electron chi connectivity index (χ3n) is 8.41. The van der Waals surface area contributed by atoms with Crippen molar-refractivity contribution in [2.75, 3.05) is 26.4 Å². The quantitative estimate of drug-likeness (QED) is 0.0127. The van der Waals surface area contributed by atoms with Crippen LogP contribution in [0.2, 0.25) is 0 Å². The van der Waals surface area contributed by atoms with Crippen molar-refractivity contribution in [3.05, 3.63) is 122 Å². The van der Waals surface area contributed by atoms with Crippen LogP contribution in [-0.4, -0.2) is 81.6 Å². The van der Waals surface area contributed by atoms with E-state index < -0.39 is 72.3 Å². The molecule has 0 aliphatic heterocycles. The van der Waals surface area contributed by atoms with Gasteiger partial charge in [0.05, 0.1) is 25.9 Å². The predicted molar refractivity (Wildman–Crippen MR) is 254 cm³/mol. The highest BCUT2D eigenvalue weighted by Crippen LogP contribution is 2.43. The highest BCUT2D eigenvalue weighted by atomic mass is 31.2. The molecule has 5 N–H and O–H groups in total. The van der Waals surface area contributed by atoms with Crippen LogP contribution in [0.1, 0.15) is 123 Å². The number of unbranched alkanes of at least 4 members (excludes halogenated alkanes) is 4. The fourth-order valence-electron chi connectivity index (χ4n) is 5.08. The van der Waals surface area contributed by atoms with Crippen LogP contribution in [0.25, 0.3) is 0 Å². The number of esters is 2. The van der Waals surface area contributed by atoms with Gasteiger partial charge in [-0.15, -0.1) is 0 Å². The van der Waals surface area contributed by atoms with Crippen molar-refractivity contribution < 1.29 is 66.7 Å². The van der Waals surface area contributed by atoms with E-state index in [9.17, 15) is 33.8 Å². The van der Waals surface area contributed by atoms with Crippen LogP contribution in [0.15, 0.2) is 122 Å². The Morgan fingerprint density at radius 1 is 0.516 bits per heavy atom. The van der Waals surface area contributed by atoms with Gasteiger partial charge in [-0.25, -0.2) is 9.13 Å². The van der Waals surface area contributed by atoms with Gasteiger partial charge >= 0.3 is 27.6 Å². The molecule has 0 aliphatic rings. The average Bonchev–Trinajstić information content (AvgIpc) is 3.25. The second kappa shape index (κ2) is 42.1. The maximum Gasteiger partial charge on any atom is 0.472 e. The Morgan fingerprint density at radius 3 is 1.58 bits per heavy atom. The normalized spacial score (nSPS) is 15.5. The molecule has 0 heterocycles. The molecule has 64 heavy (non-hydrogen) atoms. The van der Waals surface area contributed by atoms with Gasteiger partial charge in [0.15, 0.2) is 6.10 Å². The smallest absolute Gasteiger partial charge is 0.462 e. The standard InChI is InChI=1S/C48H76O14P2/c1-3-5-7-8-9-10-11-12-13-14-15-16-17-18-23-26-29-32-35-39-48(52)62-46(43-61-64(56,57)60-41-45(50)40-59-63(53,54)55)42-58-47(51)38-34-31-28-25-22-20-19-21-24-27-30-33-37-44(49)36-6-4-2/h5-7,9-10,12-13,15-16,18-20,23-25,27-28,30,33,36,44-46,49-50H,3-4,8,11,14,17,21-22,26,29,31-32,34-35,37-43H2,1-2H3,(H,56,57)(H2,53,54,55)/b7-5-,10-9-,13-12-,16-15-,20-19-,23-18-,27-24-,28-25-,33-30+,36-6-/t44?,45-,46+/m0/s1. The number of ether oxygens (including phenoxy) is 2. The molecule has 4 atom stereocenters. The molecule has 0 fully saturated rings. The van der Waals surface area contributed by atoms with Crippen molar-refractivity contribution in [3.8, 4) is 0 Å². The number of aliphatic hydroxyl groups excluding tert-OH is 2. The summed E-state index contributed by atoms with van der Waals surface area (Å²) in [6.45, 7) is 1.27. The van der Waals surface area contributed by atoms with Crippen molar-refractivity contribution >= 4 is 27.6 Å². The van der Waals surface area contributed by atoms with Gasteiger partial charge in [0.25, 0.3) is 0 Å². The van der Waals surface area contributed by atoms with E-state index in [2.05, 4.69) is 76.7 Å². The fraction of sp³-hybridized carbons (Fsp3) is 0.542. The first-order chi connectivity index (χ1) is 30.8. The van der Waals surface area contributed by atoms with Crippen molar-refractivity contribution in [1.29, 1.82) is 0 Å². The van der Waals surface area contributed by atoms with Gasteiger partial charge in [-0.3, -0.25) is 23.2 Å². The molecule has 0 aliphatic carbocycles. The Labute approximate surface area is 382 Å². The van der Waals surface area contributed by atoms with Gasteiger partial charge in [0.1, 0.15) is 12.7 Å². The van der Waals surface area contributed by atoms with Crippen molar-refractivity contribution in [3.63, 3.8) is 0 Å². The molecule has 0 saturated heterocycles. The summed E-state index contributed by atoms with van der Waals surface area (Å²) in [5, 5.41) is 19.5. The minimum Gasteiger partial charge on any atom is -0.462 e. The maximum absolute atomic E-state index is 12.7. The van der Waals surface area contributed by atoms with E-state index in [1.807, 2.05) is 61.6 Å². The number of phosphoric acid groups is 2. The molecular weight excluding hydrogens is 862 g/mol. The summed E-state index contributed by atoms with van der Waals surface area (Å²) in [7, 11) is -9.74. The van der Waals surface area contributed by atoms with Gasteiger partial charge in [-0.2, -0.15) is 0 Å². The number of aliphatic hydroxyl groups is 2. The molecule has 0 saturated carbocycles. The van der Waals surface area contributed by atoms with E-state index in [4.69, 9.17) is 23.8 Å². The summed E-state index contributed by atoms with van der Waals surface area (Å²) in [4.78, 5) is 52.7. The van der Waals surface area contributed by atoms with Gasteiger partial charge in [0.2, 0.25) is 0 Å². The minimum absolute atomic E-state index is 0.0634. The lowest BCUT2D eigenvalue weighted by Gasteiger charge is -2.20. The van der Waals surface area contributed by atoms with Crippen LogP contribution in [0.4, 0.5) is 0 Å². The Morgan fingerprint density at radius 2 is 1.00 bits per heavy atom. The number of hydrogen-bond acceptors (Lipinski definition) is 11. The molecule has 0 aromatic carbocycles. The number of rotatable bonds is 40. The Kier molecular flexibility index (Phi) is 39.8. The molecule has 0 bridgehead atoms. The van der Waals surface area contributed by atoms with Crippen LogP contribution in [-0.2, 0) is 41.8 Å². The predicted octanol–water partition coefficient (Wildman–Crippen LogP) is 10.6. The summed E-state index contributed by atoms with van der Waals surface area (Å²) in [6.07, 6.45) is 49.6. The van der Waals surface area contributed by atoms with Crippen molar-refractivity contribution in [2.45, 2.75) is 141 Å². The largest absolute Gasteiger partial charge is 0.472 e. The van der Waals surface area contributed by atoms with Gasteiger partial charge in [-0.05, 0) is 89.9 Å². The fourth-order valence-corrected chi connectivity index (χ4v) is 6.23. The monoisotopic (exact) mass is 938 g/mol. The highest BCUT2D eigenvalue weighted by molar-refractivity contribution is 7.47. The molecule has 0 radical (unpaired) electrons. The second-order valence-electron chi connectivity index (χ2n) is 14.4. The van der Waals surface area contributed by atoms with Crippen molar-refractivity contribution in [2.24, 2.45) is 0 Å². The molecule has 0 aromatic rings. The van der Waals surface area contributed by atoms with E-state index in [1.54, 1.807) is 6.08 Å².